The molecule has 0 aromatic carbocycles. The average Bonchev–Trinajstić information content (AvgIpc) is 2.48. The summed E-state index contributed by atoms with van der Waals surface area (Å²) in [6.45, 7) is 1.87. The number of nitrogens with zero attached hydrogens (tertiary/aromatic N) is 2. The van der Waals surface area contributed by atoms with Gasteiger partial charge in [0.2, 0.25) is 11.1 Å². The molecule has 0 aliphatic rings. The van der Waals surface area contributed by atoms with Gasteiger partial charge in [-0.3, -0.25) is 4.79 Å². The number of nitrogens with two attached hydrogens (primary N) is 1. The number of rotatable bonds is 2. The number of aromatic nitrogens is 2. The number of nitrogen functional groups attached to an aromatic ring is 1. The normalized spacial score (nSPS) is 11.0. The molecule has 0 aliphatic carbocycles. The number of fused-ring (bicyclic) bond motifs is 2. The number of pyridine rings is 2. The number of hydrogen-bond acceptors (Lipinski definition) is 7. The van der Waals surface area contributed by atoms with Gasteiger partial charge < -0.3 is 14.9 Å². The second kappa shape index (κ2) is 5.38. The van der Waals surface area contributed by atoms with Crippen molar-refractivity contribution >= 4 is 49.8 Å². The molecule has 0 unspecified atom stereocenters. The molecule has 7 nitrogen and oxygen atoms in total. The fraction of sp³-hybridized carbons (Fsp3) is 0.143. The first-order valence-electron chi connectivity index (χ1n) is 6.37. The summed E-state index contributed by atoms with van der Waals surface area (Å²) < 4.78 is 10.9. The summed E-state index contributed by atoms with van der Waals surface area (Å²) in [5.74, 6) is -0.691. The van der Waals surface area contributed by atoms with Gasteiger partial charge in [0.25, 0.3) is 0 Å². The fourth-order valence-corrected chi connectivity index (χ4v) is 2.38. The van der Waals surface area contributed by atoms with Crippen LogP contribution in [0, 0.1) is 0 Å². The Bertz CT molecular complexity index is 968. The number of halogens is 1. The maximum Gasteiger partial charge on any atom is 0.341 e. The highest BCUT2D eigenvalue weighted by Gasteiger charge is 2.17. The number of esters is 1. The van der Waals surface area contributed by atoms with Gasteiger partial charge in [0.05, 0.1) is 23.6 Å². The largest absolute Gasteiger partial charge is 0.462 e. The maximum atomic E-state index is 12.5. The number of hydrogen-bond donors (Lipinski definition) is 1. The second-order valence-corrected chi connectivity index (χ2v) is 5.24. The van der Waals surface area contributed by atoms with Crippen LogP contribution in [0.15, 0.2) is 32.1 Å². The molecule has 112 valence electrons. The molecule has 0 amide bonds. The summed E-state index contributed by atoms with van der Waals surface area (Å²) >= 11 is 3.20. The monoisotopic (exact) mass is 363 g/mol. The van der Waals surface area contributed by atoms with Crippen molar-refractivity contribution in [1.82, 2.24) is 9.97 Å². The van der Waals surface area contributed by atoms with E-state index in [4.69, 9.17) is 14.9 Å². The molecule has 3 aromatic heterocycles. The Morgan fingerprint density at radius 2 is 2.18 bits per heavy atom. The lowest BCUT2D eigenvalue weighted by Crippen LogP contribution is -2.12. The summed E-state index contributed by atoms with van der Waals surface area (Å²) in [5.41, 5.74) is 5.79. The quantitative estimate of drug-likeness (QED) is 0.422. The molecule has 0 radical (unpaired) electrons. The predicted molar refractivity (Wildman–Crippen MR) is 83.6 cm³/mol. The lowest BCUT2D eigenvalue weighted by Gasteiger charge is -2.06. The van der Waals surface area contributed by atoms with Crippen molar-refractivity contribution in [2.45, 2.75) is 6.92 Å². The predicted octanol–water partition coefficient (Wildman–Crippen LogP) is 2.26. The van der Waals surface area contributed by atoms with E-state index in [9.17, 15) is 9.59 Å². The molecule has 8 heteroatoms. The van der Waals surface area contributed by atoms with Crippen LogP contribution in [0.25, 0.3) is 22.1 Å². The highest BCUT2D eigenvalue weighted by molar-refractivity contribution is 9.10. The van der Waals surface area contributed by atoms with Gasteiger partial charge in [-0.25, -0.2) is 9.78 Å². The van der Waals surface area contributed by atoms with E-state index in [-0.39, 0.29) is 40.1 Å². The Morgan fingerprint density at radius 3 is 2.91 bits per heavy atom. The molecule has 0 fully saturated rings. The molecule has 3 heterocycles. The molecule has 0 saturated carbocycles. The third-order valence-electron chi connectivity index (χ3n) is 3.04. The minimum absolute atomic E-state index is 0.0362. The van der Waals surface area contributed by atoms with Crippen LogP contribution in [0.2, 0.25) is 0 Å². The molecule has 3 aromatic rings. The Labute approximate surface area is 132 Å². The van der Waals surface area contributed by atoms with Crippen LogP contribution in [0.5, 0.6) is 0 Å². The van der Waals surface area contributed by atoms with Crippen molar-refractivity contribution in [3.8, 4) is 0 Å². The van der Waals surface area contributed by atoms with Crippen LogP contribution in [0.3, 0.4) is 0 Å². The van der Waals surface area contributed by atoms with Gasteiger partial charge >= 0.3 is 5.97 Å². The van der Waals surface area contributed by atoms with Crippen LogP contribution >= 0.6 is 15.9 Å². The zero-order valence-corrected chi connectivity index (χ0v) is 13.0. The van der Waals surface area contributed by atoms with E-state index in [0.717, 1.165) is 0 Å². The summed E-state index contributed by atoms with van der Waals surface area (Å²) in [4.78, 5) is 32.4. The first-order chi connectivity index (χ1) is 10.5. The number of anilines is 1. The molecule has 22 heavy (non-hydrogen) atoms. The third kappa shape index (κ3) is 2.31. The molecular formula is C14H10BrN3O4. The van der Waals surface area contributed by atoms with Crippen molar-refractivity contribution in [3.05, 3.63) is 38.7 Å². The zero-order valence-electron chi connectivity index (χ0n) is 11.4. The Morgan fingerprint density at radius 1 is 1.41 bits per heavy atom. The van der Waals surface area contributed by atoms with E-state index in [1.54, 1.807) is 13.0 Å². The van der Waals surface area contributed by atoms with Gasteiger partial charge in [0.1, 0.15) is 16.0 Å². The van der Waals surface area contributed by atoms with Crippen molar-refractivity contribution in [2.75, 3.05) is 12.3 Å². The molecule has 0 aliphatic heterocycles. The third-order valence-corrected chi connectivity index (χ3v) is 3.48. The van der Waals surface area contributed by atoms with E-state index in [1.165, 1.54) is 12.3 Å². The topological polar surface area (TPSA) is 108 Å². The minimum Gasteiger partial charge on any atom is -0.462 e. The van der Waals surface area contributed by atoms with E-state index in [1.807, 2.05) is 0 Å². The van der Waals surface area contributed by atoms with Gasteiger partial charge in [0.15, 0.2) is 5.58 Å². The van der Waals surface area contributed by atoms with Crippen LogP contribution in [-0.4, -0.2) is 22.5 Å². The van der Waals surface area contributed by atoms with Crippen molar-refractivity contribution in [2.24, 2.45) is 0 Å². The Balaban J connectivity index is 2.35. The van der Waals surface area contributed by atoms with Gasteiger partial charge in [-0.05, 0) is 35.0 Å². The van der Waals surface area contributed by atoms with E-state index < -0.39 is 5.97 Å². The number of carbonyl (C=O) groups is 1. The lowest BCUT2D eigenvalue weighted by atomic mass is 10.1. The summed E-state index contributed by atoms with van der Waals surface area (Å²) in [6.07, 6.45) is 1.41. The standard InChI is InChI=1S/C14H10BrN3O4/c1-2-21-14(20)8-3-7-11(19)6-4-10(15)17-5-9(6)22-13(7)18-12(8)16/h3-5H,2H2,1H3,(H2,16,18). The smallest absolute Gasteiger partial charge is 0.341 e. The molecule has 0 atom stereocenters. The van der Waals surface area contributed by atoms with E-state index in [0.29, 0.717) is 9.99 Å². The van der Waals surface area contributed by atoms with Gasteiger partial charge in [-0.15, -0.1) is 0 Å². The first-order valence-corrected chi connectivity index (χ1v) is 7.16. The molecule has 3 rings (SSSR count). The number of carbonyl (C=O) groups excluding carboxylic acids is 1. The van der Waals surface area contributed by atoms with Crippen LogP contribution < -0.4 is 11.2 Å². The van der Waals surface area contributed by atoms with Crippen LogP contribution in [0.4, 0.5) is 5.82 Å². The van der Waals surface area contributed by atoms with E-state index in [2.05, 4.69) is 25.9 Å². The van der Waals surface area contributed by atoms with Crippen molar-refractivity contribution in [3.63, 3.8) is 0 Å². The minimum atomic E-state index is -0.634. The zero-order chi connectivity index (χ0) is 15.9. The molecule has 0 spiro atoms. The lowest BCUT2D eigenvalue weighted by molar-refractivity contribution is 0.0527. The fourth-order valence-electron chi connectivity index (χ4n) is 2.05. The number of ether oxygens (including phenoxy) is 1. The molecule has 2 N–H and O–H groups in total. The second-order valence-electron chi connectivity index (χ2n) is 4.43. The van der Waals surface area contributed by atoms with Gasteiger partial charge in [0, 0.05) is 0 Å². The SMILES string of the molecule is CCOC(=O)c1cc2c(=O)c3cc(Br)ncc3oc2nc1N. The highest BCUT2D eigenvalue weighted by atomic mass is 79.9. The van der Waals surface area contributed by atoms with Crippen LogP contribution in [0.1, 0.15) is 17.3 Å². The summed E-state index contributed by atoms with van der Waals surface area (Å²) in [6, 6.07) is 2.89. The summed E-state index contributed by atoms with van der Waals surface area (Å²) in [7, 11) is 0. The molecule has 0 saturated heterocycles. The first kappa shape index (κ1) is 14.5. The molecular weight excluding hydrogens is 354 g/mol. The van der Waals surface area contributed by atoms with Crippen molar-refractivity contribution in [1.29, 1.82) is 0 Å². The Kier molecular flexibility index (Phi) is 3.53. The maximum absolute atomic E-state index is 12.5. The summed E-state index contributed by atoms with van der Waals surface area (Å²) in [5, 5.41) is 0.485. The Hall–Kier alpha value is -2.48. The average molecular weight is 364 g/mol. The van der Waals surface area contributed by atoms with Gasteiger partial charge in [-0.1, -0.05) is 0 Å². The van der Waals surface area contributed by atoms with E-state index >= 15 is 0 Å². The highest BCUT2D eigenvalue weighted by Crippen LogP contribution is 2.22. The van der Waals surface area contributed by atoms with Gasteiger partial charge in [-0.2, -0.15) is 4.98 Å². The van der Waals surface area contributed by atoms with Crippen LogP contribution in [-0.2, 0) is 4.74 Å². The van der Waals surface area contributed by atoms with Crippen molar-refractivity contribution < 1.29 is 13.9 Å². The molecule has 0 bridgehead atoms.